The Hall–Kier alpha value is -4.21. The van der Waals surface area contributed by atoms with Crippen molar-refractivity contribution in [3.8, 4) is 0 Å². The van der Waals surface area contributed by atoms with Gasteiger partial charge in [-0.25, -0.2) is 0 Å². The van der Waals surface area contributed by atoms with E-state index >= 15 is 0 Å². The molecule has 1 atom stereocenters. The fourth-order valence-corrected chi connectivity index (χ4v) is 3.98. The van der Waals surface area contributed by atoms with Crippen LogP contribution in [0.15, 0.2) is 85.0 Å². The number of rotatable bonds is 6. The molecule has 6 nitrogen and oxygen atoms in total. The smallest absolute Gasteiger partial charge is 0.392 e. The number of allylic oxidation sites excluding steroid dienone is 2. The van der Waals surface area contributed by atoms with E-state index in [4.69, 9.17) is 0 Å². The van der Waals surface area contributed by atoms with E-state index in [1.165, 1.54) is 24.3 Å². The van der Waals surface area contributed by atoms with Gasteiger partial charge in [-0.3, -0.25) is 9.59 Å². The number of carbonyl (C=O) groups excluding carboxylic acids is 2. The Morgan fingerprint density at radius 3 is 2.49 bits per heavy atom. The molecule has 0 saturated carbocycles. The highest BCUT2D eigenvalue weighted by Gasteiger charge is 2.30. The van der Waals surface area contributed by atoms with Gasteiger partial charge in [0.2, 0.25) is 5.91 Å². The maximum atomic E-state index is 13.0. The molecular formula is C28H23F3N2O4. The Kier molecular flexibility index (Phi) is 7.56. The quantitative estimate of drug-likeness (QED) is 0.287. The molecule has 3 aromatic carbocycles. The predicted molar refractivity (Wildman–Crippen MR) is 133 cm³/mol. The summed E-state index contributed by atoms with van der Waals surface area (Å²) >= 11 is 0. The number of hydrogen-bond acceptors (Lipinski definition) is 4. The summed E-state index contributed by atoms with van der Waals surface area (Å²) in [5.41, 5.74) is 3.09. The number of amides is 2. The maximum Gasteiger partial charge on any atom is 0.416 e. The summed E-state index contributed by atoms with van der Waals surface area (Å²) in [6.07, 6.45) is -1.29. The highest BCUT2D eigenvalue weighted by Crippen LogP contribution is 2.32. The Morgan fingerprint density at radius 2 is 1.78 bits per heavy atom. The minimum absolute atomic E-state index is 0.0561. The Bertz CT molecular complexity index is 1380. The lowest BCUT2D eigenvalue weighted by atomic mass is 9.95. The predicted octanol–water partition coefficient (Wildman–Crippen LogP) is 4.68. The Balaban J connectivity index is 1.60. The van der Waals surface area contributed by atoms with Gasteiger partial charge in [0.1, 0.15) is 6.10 Å². The number of hydrogen-bond donors (Lipinski definition) is 4. The number of aliphatic hydroxyl groups excluding tert-OH is 2. The van der Waals surface area contributed by atoms with Gasteiger partial charge in [0.25, 0.3) is 5.91 Å². The monoisotopic (exact) mass is 508 g/mol. The summed E-state index contributed by atoms with van der Waals surface area (Å²) in [6.45, 7) is -0.205. The normalized spacial score (nSPS) is 15.9. The van der Waals surface area contributed by atoms with E-state index in [9.17, 15) is 33.0 Å². The van der Waals surface area contributed by atoms with E-state index < -0.39 is 29.7 Å². The zero-order valence-electron chi connectivity index (χ0n) is 19.4. The molecular weight excluding hydrogens is 485 g/mol. The lowest BCUT2D eigenvalue weighted by Crippen LogP contribution is -2.34. The van der Waals surface area contributed by atoms with Gasteiger partial charge >= 0.3 is 6.18 Å². The molecule has 0 spiro atoms. The van der Waals surface area contributed by atoms with Crippen LogP contribution >= 0.6 is 0 Å². The fraction of sp³-hybridized carbons (Fsp3) is 0.143. The SMILES string of the molecule is O=C(/C=C/C=C(/c1ccc(C(F)(F)F)cc1)c1cccc(CO)c1)Nc1cccc2c1CC(O)C(=O)N2. The van der Waals surface area contributed by atoms with Crippen LogP contribution in [-0.4, -0.2) is 28.1 Å². The summed E-state index contributed by atoms with van der Waals surface area (Å²) in [5.74, 6) is -0.992. The number of benzene rings is 3. The first-order chi connectivity index (χ1) is 17.7. The molecule has 0 saturated heterocycles. The van der Waals surface area contributed by atoms with E-state index in [0.29, 0.717) is 39.2 Å². The van der Waals surface area contributed by atoms with Crippen LogP contribution < -0.4 is 10.6 Å². The van der Waals surface area contributed by atoms with Crippen molar-refractivity contribution >= 4 is 28.8 Å². The third-order valence-corrected chi connectivity index (χ3v) is 5.85. The average Bonchev–Trinajstić information content (AvgIpc) is 2.87. The van der Waals surface area contributed by atoms with Crippen molar-refractivity contribution < 1.29 is 33.0 Å². The molecule has 0 bridgehead atoms. The molecule has 0 fully saturated rings. The number of anilines is 2. The van der Waals surface area contributed by atoms with E-state index in [2.05, 4.69) is 10.6 Å². The van der Waals surface area contributed by atoms with Crippen molar-refractivity contribution in [1.29, 1.82) is 0 Å². The van der Waals surface area contributed by atoms with Crippen LogP contribution in [0.5, 0.6) is 0 Å². The van der Waals surface area contributed by atoms with Gasteiger partial charge < -0.3 is 20.8 Å². The number of halogens is 3. The van der Waals surface area contributed by atoms with Crippen LogP contribution in [0.1, 0.15) is 27.8 Å². The molecule has 0 aliphatic carbocycles. The first-order valence-electron chi connectivity index (χ1n) is 11.3. The van der Waals surface area contributed by atoms with Gasteiger partial charge in [0.15, 0.2) is 0 Å². The van der Waals surface area contributed by atoms with Gasteiger partial charge in [0.05, 0.1) is 12.2 Å². The van der Waals surface area contributed by atoms with Crippen LogP contribution in [0.3, 0.4) is 0 Å². The van der Waals surface area contributed by atoms with Crippen molar-refractivity contribution in [2.45, 2.75) is 25.3 Å². The number of carbonyl (C=O) groups is 2. The van der Waals surface area contributed by atoms with Crippen molar-refractivity contribution in [3.63, 3.8) is 0 Å². The fourth-order valence-electron chi connectivity index (χ4n) is 3.98. The van der Waals surface area contributed by atoms with Crippen molar-refractivity contribution in [2.75, 3.05) is 10.6 Å². The average molecular weight is 508 g/mol. The second kappa shape index (κ2) is 10.8. The third kappa shape index (κ3) is 6.14. The highest BCUT2D eigenvalue weighted by atomic mass is 19.4. The van der Waals surface area contributed by atoms with Crippen molar-refractivity contribution in [2.24, 2.45) is 0 Å². The first-order valence-corrected chi connectivity index (χ1v) is 11.3. The lowest BCUT2D eigenvalue weighted by molar-refractivity contribution is -0.137. The van der Waals surface area contributed by atoms with Gasteiger partial charge in [0, 0.05) is 29.4 Å². The number of alkyl halides is 3. The molecule has 0 aromatic heterocycles. The molecule has 4 rings (SSSR count). The molecule has 3 aromatic rings. The van der Waals surface area contributed by atoms with Gasteiger partial charge in [-0.05, 0) is 52.6 Å². The minimum atomic E-state index is -4.47. The second-order valence-corrected chi connectivity index (χ2v) is 8.40. The molecule has 1 aliphatic rings. The van der Waals surface area contributed by atoms with Gasteiger partial charge in [-0.1, -0.05) is 48.6 Å². The zero-order valence-corrected chi connectivity index (χ0v) is 19.4. The van der Waals surface area contributed by atoms with E-state index in [1.807, 2.05) is 0 Å². The van der Waals surface area contributed by atoms with Crippen LogP contribution in [0.2, 0.25) is 0 Å². The van der Waals surface area contributed by atoms with Crippen LogP contribution in [0, 0.1) is 0 Å². The summed E-state index contributed by atoms with van der Waals surface area (Å²) in [4.78, 5) is 24.3. The van der Waals surface area contributed by atoms with Crippen LogP contribution in [0.4, 0.5) is 24.5 Å². The second-order valence-electron chi connectivity index (χ2n) is 8.40. The Morgan fingerprint density at radius 1 is 1.05 bits per heavy atom. The first kappa shape index (κ1) is 25.9. The molecule has 1 heterocycles. The summed E-state index contributed by atoms with van der Waals surface area (Å²) in [6, 6.07) is 16.6. The van der Waals surface area contributed by atoms with E-state index in [0.717, 1.165) is 12.1 Å². The molecule has 37 heavy (non-hydrogen) atoms. The lowest BCUT2D eigenvalue weighted by Gasteiger charge is -2.23. The van der Waals surface area contributed by atoms with Crippen LogP contribution in [0.25, 0.3) is 5.57 Å². The molecule has 0 radical (unpaired) electrons. The molecule has 1 aliphatic heterocycles. The molecule has 4 N–H and O–H groups in total. The summed E-state index contributed by atoms with van der Waals surface area (Å²) in [5, 5.41) is 24.7. The molecule has 1 unspecified atom stereocenters. The number of fused-ring (bicyclic) bond motifs is 1. The minimum Gasteiger partial charge on any atom is -0.392 e. The van der Waals surface area contributed by atoms with Gasteiger partial charge in [-0.2, -0.15) is 13.2 Å². The topological polar surface area (TPSA) is 98.7 Å². The van der Waals surface area contributed by atoms with E-state index in [1.54, 1.807) is 48.5 Å². The standard InChI is InChI=1S/C28H23F3N2O4/c29-28(30,31)20-12-10-18(11-13-20)21(19-5-1-4-17(14-19)16-34)6-2-9-26(36)32-23-7-3-8-24-22(23)15-25(35)27(37)33-24/h1-14,25,34-35H,15-16H2,(H,32,36)(H,33,37)/b9-2+,21-6-. The van der Waals surface area contributed by atoms with Crippen molar-refractivity contribution in [3.05, 3.63) is 113 Å². The zero-order chi connectivity index (χ0) is 26.6. The largest absolute Gasteiger partial charge is 0.416 e. The molecule has 190 valence electrons. The summed E-state index contributed by atoms with van der Waals surface area (Å²) < 4.78 is 39.1. The number of aliphatic hydroxyl groups is 2. The highest BCUT2D eigenvalue weighted by molar-refractivity contribution is 6.03. The maximum absolute atomic E-state index is 13.0. The Labute approximate surface area is 210 Å². The third-order valence-electron chi connectivity index (χ3n) is 5.85. The van der Waals surface area contributed by atoms with Crippen molar-refractivity contribution in [1.82, 2.24) is 0 Å². The molecule has 9 heteroatoms. The van der Waals surface area contributed by atoms with Gasteiger partial charge in [-0.15, -0.1) is 0 Å². The summed E-state index contributed by atoms with van der Waals surface area (Å²) in [7, 11) is 0. The molecule has 2 amide bonds. The number of nitrogens with one attached hydrogen (secondary N) is 2. The van der Waals surface area contributed by atoms with E-state index in [-0.39, 0.29) is 13.0 Å². The van der Waals surface area contributed by atoms with Crippen LogP contribution in [-0.2, 0) is 28.8 Å².